The number of aromatic nitrogens is 2. The van der Waals surface area contributed by atoms with Gasteiger partial charge in [-0.05, 0) is 74.3 Å². The number of piperidine rings is 1. The van der Waals surface area contributed by atoms with Gasteiger partial charge >= 0.3 is 5.97 Å². The SMILES string of the molecule is Cc1cccc(Cl)c1-c1n[nH]c(CO[C@@H]2C[C@@H]3C[C@H]2CN3c2ccc(CCC(=O)O)cc2F)c1C1CC1. The highest BCUT2D eigenvalue weighted by Crippen LogP contribution is 2.48. The molecule has 2 aliphatic carbocycles. The van der Waals surface area contributed by atoms with Crippen molar-refractivity contribution in [3.8, 4) is 11.3 Å². The molecular formula is C29H31ClFN3O3. The summed E-state index contributed by atoms with van der Waals surface area (Å²) in [5.74, 6) is -0.294. The van der Waals surface area contributed by atoms with Crippen molar-refractivity contribution in [2.75, 3.05) is 11.4 Å². The van der Waals surface area contributed by atoms with Crippen LogP contribution >= 0.6 is 11.6 Å². The van der Waals surface area contributed by atoms with Crippen molar-refractivity contribution >= 4 is 23.3 Å². The van der Waals surface area contributed by atoms with Crippen LogP contribution in [0.1, 0.15) is 60.4 Å². The van der Waals surface area contributed by atoms with Gasteiger partial charge in [0.25, 0.3) is 0 Å². The van der Waals surface area contributed by atoms with Gasteiger partial charge in [-0.25, -0.2) is 4.39 Å². The van der Waals surface area contributed by atoms with E-state index in [0.29, 0.717) is 36.1 Å². The number of carboxylic acid groups (broad SMARTS) is 1. The maximum atomic E-state index is 14.9. The molecule has 2 bridgehead atoms. The van der Waals surface area contributed by atoms with Gasteiger partial charge in [-0.1, -0.05) is 29.8 Å². The fraction of sp³-hybridized carbons (Fsp3) is 0.448. The first kappa shape index (κ1) is 24.4. The Hall–Kier alpha value is -2.90. The highest BCUT2D eigenvalue weighted by Gasteiger charge is 2.46. The second-order valence-electron chi connectivity index (χ2n) is 10.7. The quantitative estimate of drug-likeness (QED) is 0.346. The van der Waals surface area contributed by atoms with Crippen molar-refractivity contribution in [2.45, 2.75) is 70.1 Å². The molecule has 8 heteroatoms. The predicted octanol–water partition coefficient (Wildman–Crippen LogP) is 6.26. The van der Waals surface area contributed by atoms with E-state index in [-0.39, 0.29) is 24.4 Å². The Morgan fingerprint density at radius 1 is 1.27 bits per heavy atom. The lowest BCUT2D eigenvalue weighted by atomic mass is 9.98. The third-order valence-electron chi connectivity index (χ3n) is 8.20. The lowest BCUT2D eigenvalue weighted by Crippen LogP contribution is -2.39. The molecule has 0 amide bonds. The Morgan fingerprint density at radius 2 is 2.11 bits per heavy atom. The molecule has 2 heterocycles. The minimum Gasteiger partial charge on any atom is -0.481 e. The number of carboxylic acids is 1. The zero-order valence-corrected chi connectivity index (χ0v) is 21.6. The third-order valence-corrected chi connectivity index (χ3v) is 8.51. The molecule has 2 saturated carbocycles. The summed E-state index contributed by atoms with van der Waals surface area (Å²) >= 11 is 6.57. The lowest BCUT2D eigenvalue weighted by Gasteiger charge is -2.33. The highest BCUT2D eigenvalue weighted by atomic mass is 35.5. The van der Waals surface area contributed by atoms with Crippen LogP contribution in [0.15, 0.2) is 36.4 Å². The molecule has 2 N–H and O–H groups in total. The minimum atomic E-state index is -0.873. The second-order valence-corrected chi connectivity index (χ2v) is 11.1. The van der Waals surface area contributed by atoms with E-state index in [1.165, 1.54) is 11.6 Å². The molecule has 0 spiro atoms. The summed E-state index contributed by atoms with van der Waals surface area (Å²) in [5.41, 5.74) is 6.67. The maximum absolute atomic E-state index is 14.9. The van der Waals surface area contributed by atoms with E-state index in [9.17, 15) is 9.18 Å². The topological polar surface area (TPSA) is 78.5 Å². The summed E-state index contributed by atoms with van der Waals surface area (Å²) < 4.78 is 21.4. The van der Waals surface area contributed by atoms with Gasteiger partial charge in [-0.15, -0.1) is 0 Å². The van der Waals surface area contributed by atoms with Crippen LogP contribution in [0.3, 0.4) is 0 Å². The number of hydrogen-bond donors (Lipinski definition) is 2. The number of aryl methyl sites for hydroxylation is 2. The average molecular weight is 524 g/mol. The van der Waals surface area contributed by atoms with Crippen molar-refractivity contribution in [3.63, 3.8) is 0 Å². The Kier molecular flexibility index (Phi) is 6.45. The Morgan fingerprint density at radius 3 is 2.78 bits per heavy atom. The number of nitrogens with one attached hydrogen (secondary N) is 1. The zero-order valence-electron chi connectivity index (χ0n) is 20.8. The molecule has 2 aromatic carbocycles. The number of carbonyl (C=O) groups is 1. The lowest BCUT2D eigenvalue weighted by molar-refractivity contribution is -0.136. The molecule has 6 nitrogen and oxygen atoms in total. The average Bonchev–Trinajstić information content (AvgIpc) is 3.31. The van der Waals surface area contributed by atoms with Crippen molar-refractivity contribution in [3.05, 3.63) is 69.6 Å². The van der Waals surface area contributed by atoms with Crippen LogP contribution in [0.4, 0.5) is 10.1 Å². The number of anilines is 1. The van der Waals surface area contributed by atoms with Crippen LogP contribution in [0.25, 0.3) is 11.3 Å². The van der Waals surface area contributed by atoms with Crippen molar-refractivity contribution in [1.29, 1.82) is 0 Å². The summed E-state index contributed by atoms with van der Waals surface area (Å²) in [5, 5.41) is 17.5. The number of benzene rings is 2. The van der Waals surface area contributed by atoms with E-state index < -0.39 is 5.97 Å². The first-order valence-electron chi connectivity index (χ1n) is 13.1. The van der Waals surface area contributed by atoms with Gasteiger partial charge < -0.3 is 14.7 Å². The van der Waals surface area contributed by atoms with Crippen molar-refractivity contribution in [2.24, 2.45) is 5.92 Å². The molecule has 6 rings (SSSR count). The molecule has 0 unspecified atom stereocenters. The summed E-state index contributed by atoms with van der Waals surface area (Å²) in [4.78, 5) is 13.0. The number of nitrogens with zero attached hydrogens (tertiary/aromatic N) is 2. The van der Waals surface area contributed by atoms with Crippen LogP contribution < -0.4 is 4.90 Å². The van der Waals surface area contributed by atoms with Crippen molar-refractivity contribution < 1.29 is 19.0 Å². The molecule has 0 radical (unpaired) electrons. The van der Waals surface area contributed by atoms with Gasteiger partial charge in [-0.2, -0.15) is 5.10 Å². The molecule has 3 aliphatic rings. The fourth-order valence-electron chi connectivity index (χ4n) is 6.22. The number of halogens is 2. The number of hydrogen-bond acceptors (Lipinski definition) is 4. The number of ether oxygens (including phenoxy) is 1. The smallest absolute Gasteiger partial charge is 0.303 e. The highest BCUT2D eigenvalue weighted by molar-refractivity contribution is 6.33. The summed E-state index contributed by atoms with van der Waals surface area (Å²) in [6.07, 6.45) is 4.66. The van der Waals surface area contributed by atoms with Gasteiger partial charge in [0.2, 0.25) is 0 Å². The number of fused-ring (bicyclic) bond motifs is 2. The van der Waals surface area contributed by atoms with E-state index in [4.69, 9.17) is 21.4 Å². The van der Waals surface area contributed by atoms with Crippen LogP contribution in [-0.4, -0.2) is 40.0 Å². The molecule has 1 aromatic heterocycles. The second kappa shape index (κ2) is 9.76. The molecular weight excluding hydrogens is 493 g/mol. The standard InChI is InChI=1S/C29H31ClFN3O3/c1-16-3-2-4-21(30)27(16)29-28(18-7-8-18)23(32-33-29)15-37-25-13-20-12-19(25)14-34(20)24-9-5-17(11-22(24)31)6-10-26(35)36/h2-5,9,11,18-20,25H,6-8,10,12-15H2,1H3,(H,32,33)(H,35,36)/t19-,20-,25+/m0/s1. The molecule has 3 aromatic rings. The van der Waals surface area contributed by atoms with E-state index in [1.54, 1.807) is 6.07 Å². The molecule has 1 aliphatic heterocycles. The van der Waals surface area contributed by atoms with Crippen molar-refractivity contribution in [1.82, 2.24) is 10.2 Å². The van der Waals surface area contributed by atoms with Crippen LogP contribution in [-0.2, 0) is 22.6 Å². The maximum Gasteiger partial charge on any atom is 0.303 e. The van der Waals surface area contributed by atoms with Crippen LogP contribution in [0.5, 0.6) is 0 Å². The number of rotatable bonds is 9. The Bertz CT molecular complexity index is 1320. The molecule has 37 heavy (non-hydrogen) atoms. The first-order chi connectivity index (χ1) is 17.9. The summed E-state index contributed by atoms with van der Waals surface area (Å²) in [7, 11) is 0. The first-order valence-corrected chi connectivity index (χ1v) is 13.5. The van der Waals surface area contributed by atoms with E-state index in [1.807, 2.05) is 18.2 Å². The fourth-order valence-corrected chi connectivity index (χ4v) is 6.53. The van der Waals surface area contributed by atoms with Crippen LogP contribution in [0, 0.1) is 18.7 Å². The van der Waals surface area contributed by atoms with Gasteiger partial charge in [0.05, 0.1) is 34.8 Å². The molecule has 1 saturated heterocycles. The summed E-state index contributed by atoms with van der Waals surface area (Å²) in [6, 6.07) is 11.3. The Labute approximate surface area is 220 Å². The number of aliphatic carboxylic acids is 1. The van der Waals surface area contributed by atoms with E-state index in [2.05, 4.69) is 28.1 Å². The number of H-pyrrole nitrogens is 1. The Balaban J connectivity index is 1.12. The number of aromatic amines is 1. The van der Waals surface area contributed by atoms with E-state index in [0.717, 1.165) is 59.8 Å². The third kappa shape index (κ3) is 4.75. The summed E-state index contributed by atoms with van der Waals surface area (Å²) in [6.45, 7) is 3.32. The van der Waals surface area contributed by atoms with Crippen LogP contribution in [0.2, 0.25) is 5.02 Å². The molecule has 194 valence electrons. The molecule has 3 fully saturated rings. The van der Waals surface area contributed by atoms with Gasteiger partial charge in [0.15, 0.2) is 0 Å². The molecule has 3 atom stereocenters. The van der Waals surface area contributed by atoms with E-state index >= 15 is 0 Å². The van der Waals surface area contributed by atoms with Gasteiger partial charge in [-0.3, -0.25) is 9.89 Å². The minimum absolute atomic E-state index is 0.00446. The normalized spacial score (nSPS) is 22.7. The monoisotopic (exact) mass is 523 g/mol. The predicted molar refractivity (Wildman–Crippen MR) is 141 cm³/mol. The van der Waals surface area contributed by atoms with Gasteiger partial charge in [0.1, 0.15) is 5.82 Å². The largest absolute Gasteiger partial charge is 0.481 e. The van der Waals surface area contributed by atoms with Gasteiger partial charge in [0, 0.05) is 36.1 Å². The zero-order chi connectivity index (χ0) is 25.7.